The Morgan fingerprint density at radius 2 is 1.96 bits per heavy atom. The van der Waals surface area contributed by atoms with Gasteiger partial charge in [0.1, 0.15) is 23.2 Å². The van der Waals surface area contributed by atoms with Crippen molar-refractivity contribution >= 4 is 11.8 Å². The summed E-state index contributed by atoms with van der Waals surface area (Å²) in [5.74, 6) is -0.276. The summed E-state index contributed by atoms with van der Waals surface area (Å²) in [6.45, 7) is 0. The standard InChI is InChI=1S/C20H15N3O5/c24-15-10-14(23-27)16-17(15)21-19(22-18(16)20(25)26)11-6-8-13(9-7-11)28-12-4-2-1-3-5-12/h2,4-9,14H,1,3,10H2,(H,25,26). The minimum absolute atomic E-state index is 0.00720. The van der Waals surface area contributed by atoms with Crippen LogP contribution in [0, 0.1) is 4.91 Å². The molecule has 0 amide bonds. The number of carbonyl (C=O) groups is 2. The number of ether oxygens (including phenoxy) is 1. The highest BCUT2D eigenvalue weighted by Gasteiger charge is 2.37. The van der Waals surface area contributed by atoms with Crippen molar-refractivity contribution in [2.75, 3.05) is 0 Å². The van der Waals surface area contributed by atoms with Gasteiger partial charge in [0.15, 0.2) is 17.3 Å². The lowest BCUT2D eigenvalue weighted by Gasteiger charge is -2.11. The molecule has 0 aliphatic heterocycles. The molecular formula is C20H15N3O5. The first-order valence-corrected chi connectivity index (χ1v) is 8.72. The van der Waals surface area contributed by atoms with Gasteiger partial charge in [-0.05, 0) is 49.3 Å². The topological polar surface area (TPSA) is 119 Å². The molecule has 1 N–H and O–H groups in total. The van der Waals surface area contributed by atoms with Crippen LogP contribution >= 0.6 is 0 Å². The van der Waals surface area contributed by atoms with Gasteiger partial charge in [0.05, 0.1) is 0 Å². The van der Waals surface area contributed by atoms with Crippen LogP contribution in [0.4, 0.5) is 0 Å². The Balaban J connectivity index is 1.69. The molecule has 0 bridgehead atoms. The number of hydrogen-bond acceptors (Lipinski definition) is 7. The summed E-state index contributed by atoms with van der Waals surface area (Å²) in [6, 6.07) is 5.74. The van der Waals surface area contributed by atoms with Crippen molar-refractivity contribution in [1.29, 1.82) is 0 Å². The summed E-state index contributed by atoms with van der Waals surface area (Å²) in [6.07, 6.45) is 7.67. The predicted octanol–water partition coefficient (Wildman–Crippen LogP) is 3.85. The van der Waals surface area contributed by atoms with Crippen molar-refractivity contribution in [2.24, 2.45) is 5.18 Å². The smallest absolute Gasteiger partial charge is 0.355 e. The third kappa shape index (κ3) is 3.20. The van der Waals surface area contributed by atoms with Crippen LogP contribution in [0.15, 0.2) is 53.4 Å². The van der Waals surface area contributed by atoms with E-state index in [1.54, 1.807) is 24.3 Å². The molecule has 2 aliphatic carbocycles. The first-order chi connectivity index (χ1) is 13.6. The Morgan fingerprint density at radius 1 is 1.18 bits per heavy atom. The van der Waals surface area contributed by atoms with Gasteiger partial charge in [-0.1, -0.05) is 11.3 Å². The van der Waals surface area contributed by atoms with E-state index in [9.17, 15) is 19.6 Å². The van der Waals surface area contributed by atoms with Crippen molar-refractivity contribution in [3.05, 3.63) is 70.1 Å². The fraction of sp³-hybridized carbons (Fsp3) is 0.200. The second-order valence-electron chi connectivity index (χ2n) is 6.42. The van der Waals surface area contributed by atoms with Crippen LogP contribution in [0.2, 0.25) is 0 Å². The molecule has 1 heterocycles. The van der Waals surface area contributed by atoms with E-state index in [0.29, 0.717) is 11.3 Å². The normalized spacial score (nSPS) is 17.8. The lowest BCUT2D eigenvalue weighted by Crippen LogP contribution is -2.11. The zero-order chi connectivity index (χ0) is 19.7. The van der Waals surface area contributed by atoms with Crippen molar-refractivity contribution in [3.63, 3.8) is 0 Å². The van der Waals surface area contributed by atoms with Crippen LogP contribution in [-0.2, 0) is 0 Å². The monoisotopic (exact) mass is 377 g/mol. The van der Waals surface area contributed by atoms with Gasteiger partial charge in [-0.2, -0.15) is 4.91 Å². The fourth-order valence-electron chi connectivity index (χ4n) is 3.23. The Labute approximate surface area is 159 Å². The number of fused-ring (bicyclic) bond motifs is 1. The molecule has 28 heavy (non-hydrogen) atoms. The first kappa shape index (κ1) is 17.7. The number of ketones is 1. The average Bonchev–Trinajstić information content (AvgIpc) is 3.04. The molecule has 0 fully saturated rings. The lowest BCUT2D eigenvalue weighted by molar-refractivity contribution is 0.0688. The number of aromatic nitrogens is 2. The van der Waals surface area contributed by atoms with Crippen molar-refractivity contribution in [2.45, 2.75) is 25.3 Å². The number of nitrogens with zero attached hydrogens (tertiary/aromatic N) is 3. The first-order valence-electron chi connectivity index (χ1n) is 8.72. The minimum Gasteiger partial charge on any atom is -0.476 e. The molecule has 1 aromatic carbocycles. The summed E-state index contributed by atoms with van der Waals surface area (Å²) in [4.78, 5) is 43.0. The van der Waals surface area contributed by atoms with E-state index < -0.39 is 17.8 Å². The number of carboxylic acid groups (broad SMARTS) is 1. The fourth-order valence-corrected chi connectivity index (χ4v) is 3.23. The Bertz CT molecular complexity index is 1040. The summed E-state index contributed by atoms with van der Waals surface area (Å²) < 4.78 is 5.77. The van der Waals surface area contributed by atoms with Gasteiger partial charge in [-0.25, -0.2) is 14.8 Å². The number of carboxylic acids is 1. The number of carbonyl (C=O) groups excluding carboxylic acids is 1. The number of benzene rings is 1. The SMILES string of the molecule is O=NC1CC(=O)c2nc(-c3ccc(OC4=CCCC=C4)cc3)nc(C(=O)O)c21. The van der Waals surface area contributed by atoms with Crippen LogP contribution < -0.4 is 4.74 Å². The van der Waals surface area contributed by atoms with Crippen LogP contribution in [-0.4, -0.2) is 26.8 Å². The maximum absolute atomic E-state index is 12.2. The summed E-state index contributed by atoms with van der Waals surface area (Å²) in [5.41, 5.74) is 0.103. The van der Waals surface area contributed by atoms with Gasteiger partial charge in [0, 0.05) is 17.5 Å². The molecule has 8 heteroatoms. The van der Waals surface area contributed by atoms with E-state index in [0.717, 1.165) is 18.6 Å². The highest BCUT2D eigenvalue weighted by molar-refractivity contribution is 6.03. The van der Waals surface area contributed by atoms with Gasteiger partial charge in [0.2, 0.25) is 0 Å². The van der Waals surface area contributed by atoms with Crippen LogP contribution in [0.3, 0.4) is 0 Å². The maximum atomic E-state index is 12.2. The summed E-state index contributed by atoms with van der Waals surface area (Å²) >= 11 is 0. The number of allylic oxidation sites excluding steroid dienone is 3. The zero-order valence-electron chi connectivity index (χ0n) is 14.7. The molecular weight excluding hydrogens is 362 g/mol. The van der Waals surface area contributed by atoms with Crippen molar-refractivity contribution in [1.82, 2.24) is 9.97 Å². The van der Waals surface area contributed by atoms with E-state index in [2.05, 4.69) is 15.1 Å². The number of nitroso groups, excluding NO2 is 1. The molecule has 2 aromatic rings. The van der Waals surface area contributed by atoms with E-state index >= 15 is 0 Å². The van der Waals surface area contributed by atoms with Crippen LogP contribution in [0.25, 0.3) is 11.4 Å². The van der Waals surface area contributed by atoms with Crippen LogP contribution in [0.1, 0.15) is 51.8 Å². The number of Topliss-reactive ketones (excluding diaryl/α,β-unsaturated/α-hetero) is 1. The molecule has 1 atom stereocenters. The molecule has 1 unspecified atom stereocenters. The molecule has 8 nitrogen and oxygen atoms in total. The molecule has 0 radical (unpaired) electrons. The molecule has 140 valence electrons. The molecule has 4 rings (SSSR count). The molecule has 2 aliphatic rings. The Morgan fingerprint density at radius 3 is 2.61 bits per heavy atom. The summed E-state index contributed by atoms with van der Waals surface area (Å²) in [5, 5.41) is 12.3. The third-order valence-corrected chi connectivity index (χ3v) is 4.56. The molecule has 0 saturated heterocycles. The van der Waals surface area contributed by atoms with Gasteiger partial charge < -0.3 is 9.84 Å². The Hall–Kier alpha value is -3.68. The third-order valence-electron chi connectivity index (χ3n) is 4.56. The second-order valence-corrected chi connectivity index (χ2v) is 6.42. The van der Waals surface area contributed by atoms with Crippen LogP contribution in [0.5, 0.6) is 5.75 Å². The predicted molar refractivity (Wildman–Crippen MR) is 99.0 cm³/mol. The lowest BCUT2D eigenvalue weighted by atomic mass is 10.1. The largest absolute Gasteiger partial charge is 0.476 e. The minimum atomic E-state index is -1.33. The van der Waals surface area contributed by atoms with Crippen molar-refractivity contribution in [3.8, 4) is 17.1 Å². The highest BCUT2D eigenvalue weighted by Crippen LogP contribution is 2.36. The number of hydrogen-bond donors (Lipinski definition) is 1. The zero-order valence-corrected chi connectivity index (χ0v) is 14.7. The molecule has 0 saturated carbocycles. The highest BCUT2D eigenvalue weighted by atomic mass is 16.5. The quantitative estimate of drug-likeness (QED) is 0.786. The molecule has 0 spiro atoms. The van der Waals surface area contributed by atoms with Crippen molar-refractivity contribution < 1.29 is 19.4 Å². The van der Waals surface area contributed by atoms with E-state index in [-0.39, 0.29) is 29.2 Å². The van der Waals surface area contributed by atoms with Gasteiger partial charge in [0.25, 0.3) is 0 Å². The maximum Gasteiger partial charge on any atom is 0.355 e. The summed E-state index contributed by atoms with van der Waals surface area (Å²) in [7, 11) is 0. The van der Waals surface area contributed by atoms with E-state index in [4.69, 9.17) is 4.74 Å². The van der Waals surface area contributed by atoms with Gasteiger partial charge in [-0.15, -0.1) is 0 Å². The van der Waals surface area contributed by atoms with Gasteiger partial charge in [-0.3, -0.25) is 4.79 Å². The number of rotatable bonds is 5. The number of aromatic carboxylic acids is 1. The van der Waals surface area contributed by atoms with Gasteiger partial charge >= 0.3 is 5.97 Å². The Kier molecular flexibility index (Phi) is 4.52. The van der Waals surface area contributed by atoms with E-state index in [1.165, 1.54) is 0 Å². The average molecular weight is 377 g/mol. The molecule has 1 aromatic heterocycles. The van der Waals surface area contributed by atoms with E-state index in [1.807, 2.05) is 18.2 Å². The second kappa shape index (κ2) is 7.15.